The second kappa shape index (κ2) is 7.22. The molecule has 0 aliphatic heterocycles. The van der Waals surface area contributed by atoms with Gasteiger partial charge in [-0.05, 0) is 74.7 Å². The van der Waals surface area contributed by atoms with E-state index in [1.165, 1.54) is 27.4 Å². The number of anilines is 2. The standard InChI is InChI=1S/C26H29FN2/c1-6-26(4,7-2)29(20-11-9-19(27)10-12-20)21-13-15-23-22-14-8-18(3)16-24(22)28(5)25(23)17-21/h8-17H,6-7H2,1-5H3. The lowest BCUT2D eigenvalue weighted by atomic mass is 9.91. The smallest absolute Gasteiger partial charge is 0.123 e. The highest BCUT2D eigenvalue weighted by atomic mass is 19.1. The fourth-order valence-corrected chi connectivity index (χ4v) is 4.37. The van der Waals surface area contributed by atoms with E-state index in [0.717, 1.165) is 24.2 Å². The van der Waals surface area contributed by atoms with Crippen molar-refractivity contribution in [3.63, 3.8) is 0 Å². The van der Waals surface area contributed by atoms with E-state index in [9.17, 15) is 4.39 Å². The van der Waals surface area contributed by atoms with Gasteiger partial charge in [-0.25, -0.2) is 4.39 Å². The lowest BCUT2D eigenvalue weighted by Gasteiger charge is -2.42. The van der Waals surface area contributed by atoms with Gasteiger partial charge in [0.05, 0.1) is 5.52 Å². The highest BCUT2D eigenvalue weighted by Crippen LogP contribution is 2.40. The molecule has 0 atom stereocenters. The maximum atomic E-state index is 13.6. The Kier molecular flexibility index (Phi) is 4.85. The molecule has 1 heterocycles. The predicted octanol–water partition coefficient (Wildman–Crippen LogP) is 7.50. The van der Waals surface area contributed by atoms with E-state index < -0.39 is 0 Å². The first kappa shape index (κ1) is 19.5. The fourth-order valence-electron chi connectivity index (χ4n) is 4.37. The Morgan fingerprint density at radius 1 is 0.828 bits per heavy atom. The van der Waals surface area contributed by atoms with Gasteiger partial charge < -0.3 is 9.47 Å². The Labute approximate surface area is 172 Å². The van der Waals surface area contributed by atoms with Gasteiger partial charge in [-0.15, -0.1) is 0 Å². The molecule has 3 aromatic carbocycles. The van der Waals surface area contributed by atoms with Crippen LogP contribution in [0.15, 0.2) is 60.7 Å². The maximum Gasteiger partial charge on any atom is 0.123 e. The summed E-state index contributed by atoms with van der Waals surface area (Å²) in [6.45, 7) is 8.86. The summed E-state index contributed by atoms with van der Waals surface area (Å²) in [5.41, 5.74) is 5.82. The topological polar surface area (TPSA) is 8.17 Å². The third-order valence-corrected chi connectivity index (χ3v) is 6.55. The number of aryl methyl sites for hydroxylation is 2. The molecule has 0 amide bonds. The first-order valence-electron chi connectivity index (χ1n) is 10.4. The lowest BCUT2D eigenvalue weighted by molar-refractivity contribution is 0.427. The zero-order valence-electron chi connectivity index (χ0n) is 18.0. The molecule has 0 bridgehead atoms. The van der Waals surface area contributed by atoms with Crippen LogP contribution < -0.4 is 4.90 Å². The molecule has 4 rings (SSSR count). The number of aromatic nitrogens is 1. The van der Waals surface area contributed by atoms with E-state index >= 15 is 0 Å². The first-order valence-corrected chi connectivity index (χ1v) is 10.4. The van der Waals surface area contributed by atoms with Crippen LogP contribution in [0.1, 0.15) is 39.2 Å². The van der Waals surface area contributed by atoms with Gasteiger partial charge in [0, 0.05) is 40.3 Å². The third kappa shape index (κ3) is 3.19. The molecule has 4 aromatic rings. The number of halogens is 1. The van der Waals surface area contributed by atoms with Crippen molar-refractivity contribution >= 4 is 33.2 Å². The van der Waals surface area contributed by atoms with Crippen molar-refractivity contribution in [2.45, 2.75) is 46.1 Å². The molecular formula is C26H29FN2. The van der Waals surface area contributed by atoms with E-state index in [1.54, 1.807) is 12.1 Å². The number of hydrogen-bond acceptors (Lipinski definition) is 1. The minimum absolute atomic E-state index is 0.0628. The number of nitrogens with zero attached hydrogens (tertiary/aromatic N) is 2. The van der Waals surface area contributed by atoms with Gasteiger partial charge in [0.1, 0.15) is 5.82 Å². The van der Waals surface area contributed by atoms with Crippen LogP contribution in [0, 0.1) is 12.7 Å². The van der Waals surface area contributed by atoms with Crippen LogP contribution in [0.4, 0.5) is 15.8 Å². The van der Waals surface area contributed by atoms with Crippen LogP contribution in [0.25, 0.3) is 21.8 Å². The molecule has 0 saturated heterocycles. The summed E-state index contributed by atoms with van der Waals surface area (Å²) in [6.07, 6.45) is 1.99. The Morgan fingerprint density at radius 3 is 2.00 bits per heavy atom. The summed E-state index contributed by atoms with van der Waals surface area (Å²) >= 11 is 0. The van der Waals surface area contributed by atoms with Crippen molar-refractivity contribution in [2.24, 2.45) is 7.05 Å². The van der Waals surface area contributed by atoms with E-state index in [4.69, 9.17) is 0 Å². The predicted molar refractivity (Wildman–Crippen MR) is 123 cm³/mol. The molecule has 0 aliphatic rings. The Hall–Kier alpha value is -2.81. The highest BCUT2D eigenvalue weighted by molar-refractivity contribution is 6.09. The molecule has 0 radical (unpaired) electrons. The molecule has 0 saturated carbocycles. The largest absolute Gasteiger partial charge is 0.344 e. The molecule has 0 fully saturated rings. The van der Waals surface area contributed by atoms with Crippen LogP contribution >= 0.6 is 0 Å². The quantitative estimate of drug-likeness (QED) is 0.344. The molecule has 29 heavy (non-hydrogen) atoms. The Bertz CT molecular complexity index is 1170. The zero-order valence-corrected chi connectivity index (χ0v) is 18.0. The molecule has 0 N–H and O–H groups in total. The van der Waals surface area contributed by atoms with E-state index in [0.29, 0.717) is 0 Å². The Morgan fingerprint density at radius 2 is 1.38 bits per heavy atom. The second-order valence-electron chi connectivity index (χ2n) is 8.30. The van der Waals surface area contributed by atoms with Crippen molar-refractivity contribution in [3.05, 3.63) is 72.0 Å². The summed E-state index contributed by atoms with van der Waals surface area (Å²) in [7, 11) is 2.13. The van der Waals surface area contributed by atoms with E-state index in [2.05, 4.69) is 80.6 Å². The van der Waals surface area contributed by atoms with Gasteiger partial charge in [-0.1, -0.05) is 32.0 Å². The van der Waals surface area contributed by atoms with Gasteiger partial charge in [0.25, 0.3) is 0 Å². The van der Waals surface area contributed by atoms with Gasteiger partial charge >= 0.3 is 0 Å². The summed E-state index contributed by atoms with van der Waals surface area (Å²) in [6, 6.07) is 20.2. The van der Waals surface area contributed by atoms with Gasteiger partial charge in [-0.3, -0.25) is 0 Å². The van der Waals surface area contributed by atoms with Crippen molar-refractivity contribution < 1.29 is 4.39 Å². The zero-order chi connectivity index (χ0) is 20.8. The molecule has 150 valence electrons. The van der Waals surface area contributed by atoms with Gasteiger partial charge in [0.2, 0.25) is 0 Å². The molecular weight excluding hydrogens is 359 g/mol. The minimum Gasteiger partial charge on any atom is -0.344 e. The van der Waals surface area contributed by atoms with Crippen LogP contribution in [0.3, 0.4) is 0 Å². The number of rotatable bonds is 5. The average Bonchev–Trinajstić information content (AvgIpc) is 3.00. The van der Waals surface area contributed by atoms with E-state index in [1.807, 2.05) is 12.1 Å². The molecule has 0 unspecified atom stereocenters. The van der Waals surface area contributed by atoms with Crippen LogP contribution in [0.5, 0.6) is 0 Å². The summed E-state index contributed by atoms with van der Waals surface area (Å²) < 4.78 is 15.9. The number of hydrogen-bond donors (Lipinski definition) is 0. The summed E-state index contributed by atoms with van der Waals surface area (Å²) in [4.78, 5) is 2.37. The molecule has 1 aromatic heterocycles. The third-order valence-electron chi connectivity index (χ3n) is 6.55. The molecule has 3 heteroatoms. The SMILES string of the molecule is CCC(C)(CC)N(c1ccc(F)cc1)c1ccc2c3ccc(C)cc3n(C)c2c1. The summed E-state index contributed by atoms with van der Waals surface area (Å²) in [5.74, 6) is -0.206. The average molecular weight is 389 g/mol. The van der Waals surface area contributed by atoms with Crippen molar-refractivity contribution in [2.75, 3.05) is 4.90 Å². The first-order chi connectivity index (χ1) is 13.9. The van der Waals surface area contributed by atoms with Crippen molar-refractivity contribution in [3.8, 4) is 0 Å². The highest BCUT2D eigenvalue weighted by Gasteiger charge is 2.30. The molecule has 0 aliphatic carbocycles. The maximum absolute atomic E-state index is 13.6. The second-order valence-corrected chi connectivity index (χ2v) is 8.30. The van der Waals surface area contributed by atoms with Gasteiger partial charge in [0.15, 0.2) is 0 Å². The number of benzene rings is 3. The monoisotopic (exact) mass is 388 g/mol. The summed E-state index contributed by atoms with van der Waals surface area (Å²) in [5, 5.41) is 2.54. The van der Waals surface area contributed by atoms with Crippen LogP contribution in [-0.4, -0.2) is 10.1 Å². The van der Waals surface area contributed by atoms with Crippen LogP contribution in [0.2, 0.25) is 0 Å². The minimum atomic E-state index is -0.206. The Balaban J connectivity index is 1.96. The van der Waals surface area contributed by atoms with Crippen LogP contribution in [-0.2, 0) is 7.05 Å². The number of fused-ring (bicyclic) bond motifs is 3. The fraction of sp³-hybridized carbons (Fsp3) is 0.308. The molecule has 2 nitrogen and oxygen atoms in total. The van der Waals surface area contributed by atoms with Gasteiger partial charge in [-0.2, -0.15) is 0 Å². The van der Waals surface area contributed by atoms with Crippen molar-refractivity contribution in [1.82, 2.24) is 4.57 Å². The van der Waals surface area contributed by atoms with E-state index in [-0.39, 0.29) is 11.4 Å². The normalized spacial score (nSPS) is 12.1. The lowest BCUT2D eigenvalue weighted by Crippen LogP contribution is -2.42. The van der Waals surface area contributed by atoms with Crippen molar-refractivity contribution in [1.29, 1.82) is 0 Å². The molecule has 0 spiro atoms.